The van der Waals surface area contributed by atoms with Gasteiger partial charge < -0.3 is 9.16 Å². The first-order valence-corrected chi connectivity index (χ1v) is 9.97. The maximum Gasteiger partial charge on any atom is 0.311 e. The van der Waals surface area contributed by atoms with E-state index >= 15 is 0 Å². The molecule has 1 aliphatic carbocycles. The van der Waals surface area contributed by atoms with E-state index in [2.05, 4.69) is 54.6 Å². The Morgan fingerprint density at radius 3 is 2.00 bits per heavy atom. The van der Waals surface area contributed by atoms with Crippen LogP contribution in [-0.2, 0) is 14.0 Å². The van der Waals surface area contributed by atoms with Crippen LogP contribution in [0.15, 0.2) is 0 Å². The van der Waals surface area contributed by atoms with Crippen molar-refractivity contribution in [1.82, 2.24) is 0 Å². The summed E-state index contributed by atoms with van der Waals surface area (Å²) in [7, 11) is -0.448. The number of ether oxygens (including phenoxy) is 1. The summed E-state index contributed by atoms with van der Waals surface area (Å²) < 4.78 is 11.6. The van der Waals surface area contributed by atoms with Crippen LogP contribution in [0, 0.1) is 11.3 Å². The molecule has 4 heteroatoms. The Labute approximate surface area is 119 Å². The maximum atomic E-state index is 11.9. The van der Waals surface area contributed by atoms with E-state index in [-0.39, 0.29) is 22.3 Å². The van der Waals surface area contributed by atoms with Gasteiger partial charge in [0.25, 0.3) is 0 Å². The molecule has 19 heavy (non-hydrogen) atoms. The van der Waals surface area contributed by atoms with Crippen molar-refractivity contribution in [3.8, 4) is 0 Å². The van der Waals surface area contributed by atoms with Crippen molar-refractivity contribution in [3.63, 3.8) is 0 Å². The number of esters is 1. The van der Waals surface area contributed by atoms with Crippen molar-refractivity contribution < 1.29 is 14.0 Å². The Kier molecular flexibility index (Phi) is 4.03. The molecule has 0 heterocycles. The molecule has 112 valence electrons. The Morgan fingerprint density at radius 1 is 1.21 bits per heavy atom. The van der Waals surface area contributed by atoms with Crippen molar-refractivity contribution >= 4 is 14.3 Å². The molecule has 0 N–H and O–H groups in total. The van der Waals surface area contributed by atoms with E-state index in [1.165, 1.54) is 7.11 Å². The third-order valence-electron chi connectivity index (χ3n) is 5.48. The lowest BCUT2D eigenvalue weighted by atomic mass is 9.53. The molecular weight excluding hydrogens is 256 g/mol. The summed E-state index contributed by atoms with van der Waals surface area (Å²) in [5.41, 5.74) is -0.398. The van der Waals surface area contributed by atoms with Crippen LogP contribution in [-0.4, -0.2) is 27.0 Å². The minimum Gasteiger partial charge on any atom is -0.469 e. The first-order valence-electron chi connectivity index (χ1n) is 7.06. The van der Waals surface area contributed by atoms with E-state index in [1.54, 1.807) is 0 Å². The fourth-order valence-electron chi connectivity index (χ4n) is 2.59. The number of carbonyl (C=O) groups excluding carboxylic acids is 1. The second-order valence-electron chi connectivity index (χ2n) is 8.13. The Morgan fingerprint density at radius 2 is 1.68 bits per heavy atom. The van der Waals surface area contributed by atoms with Crippen LogP contribution < -0.4 is 0 Å². The van der Waals surface area contributed by atoms with E-state index in [4.69, 9.17) is 9.16 Å². The zero-order valence-electron chi connectivity index (χ0n) is 14.0. The fraction of sp³-hybridized carbons (Fsp3) is 0.933. The summed E-state index contributed by atoms with van der Waals surface area (Å²) in [6, 6.07) is 0. The van der Waals surface area contributed by atoms with Gasteiger partial charge in [0.1, 0.15) is 0 Å². The molecule has 1 rings (SSSR count). The van der Waals surface area contributed by atoms with Gasteiger partial charge in [0.2, 0.25) is 0 Å². The molecule has 0 bridgehead atoms. The van der Waals surface area contributed by atoms with Crippen LogP contribution in [0.25, 0.3) is 0 Å². The predicted octanol–water partition coefficient (Wildman–Crippen LogP) is 3.99. The van der Waals surface area contributed by atoms with Gasteiger partial charge in [-0.25, -0.2) is 0 Å². The van der Waals surface area contributed by atoms with Crippen molar-refractivity contribution in [2.45, 2.75) is 71.7 Å². The van der Waals surface area contributed by atoms with Gasteiger partial charge in [-0.2, -0.15) is 0 Å². The molecule has 0 radical (unpaired) electrons. The first kappa shape index (κ1) is 16.7. The van der Waals surface area contributed by atoms with Crippen LogP contribution in [0.1, 0.15) is 48.0 Å². The topological polar surface area (TPSA) is 35.5 Å². The zero-order valence-corrected chi connectivity index (χ0v) is 15.0. The highest BCUT2D eigenvalue weighted by Crippen LogP contribution is 2.58. The first-order chi connectivity index (χ1) is 8.28. The quantitative estimate of drug-likeness (QED) is 0.581. The summed E-state index contributed by atoms with van der Waals surface area (Å²) in [6.45, 7) is 17.6. The van der Waals surface area contributed by atoms with E-state index < -0.39 is 13.9 Å². The van der Waals surface area contributed by atoms with Gasteiger partial charge in [-0.05, 0) is 36.9 Å². The average molecular weight is 286 g/mol. The van der Waals surface area contributed by atoms with Crippen molar-refractivity contribution in [1.29, 1.82) is 0 Å². The molecule has 0 aromatic carbocycles. The lowest BCUT2D eigenvalue weighted by Crippen LogP contribution is -2.67. The van der Waals surface area contributed by atoms with Crippen LogP contribution in [0.4, 0.5) is 0 Å². The zero-order chi connectivity index (χ0) is 15.3. The largest absolute Gasteiger partial charge is 0.469 e. The predicted molar refractivity (Wildman–Crippen MR) is 80.6 cm³/mol. The van der Waals surface area contributed by atoms with E-state index in [1.807, 2.05) is 0 Å². The SMILES string of the molecule is COC(=O)[C@@H]1CC(C)(C)[C@]1(C)O[Si](C)(C)C(C)(C)C. The summed E-state index contributed by atoms with van der Waals surface area (Å²) in [4.78, 5) is 11.9. The van der Waals surface area contributed by atoms with E-state index in [0.717, 1.165) is 6.42 Å². The molecule has 0 aliphatic heterocycles. The van der Waals surface area contributed by atoms with Gasteiger partial charge >= 0.3 is 5.97 Å². The molecule has 0 amide bonds. The molecule has 0 saturated heterocycles. The summed E-state index contributed by atoms with van der Waals surface area (Å²) in [5, 5.41) is 0.141. The van der Waals surface area contributed by atoms with Crippen LogP contribution in [0.2, 0.25) is 18.1 Å². The Balaban J connectivity index is 3.03. The van der Waals surface area contributed by atoms with Crippen LogP contribution in [0.5, 0.6) is 0 Å². The summed E-state index contributed by atoms with van der Waals surface area (Å²) in [6.07, 6.45) is 0.838. The highest BCUT2D eigenvalue weighted by Gasteiger charge is 2.64. The van der Waals surface area contributed by atoms with Gasteiger partial charge in [0, 0.05) is 0 Å². The van der Waals surface area contributed by atoms with Gasteiger partial charge in [0.15, 0.2) is 8.32 Å². The molecule has 0 unspecified atom stereocenters. The summed E-state index contributed by atoms with van der Waals surface area (Å²) in [5.74, 6) is -0.276. The molecular formula is C15H30O3Si. The second kappa shape index (κ2) is 4.59. The Hall–Kier alpha value is -0.353. The number of hydrogen-bond donors (Lipinski definition) is 0. The highest BCUT2D eigenvalue weighted by atomic mass is 28.4. The number of hydrogen-bond acceptors (Lipinski definition) is 3. The van der Waals surface area contributed by atoms with Crippen LogP contribution in [0.3, 0.4) is 0 Å². The molecule has 2 atom stereocenters. The third-order valence-corrected chi connectivity index (χ3v) is 10.0. The summed E-state index contributed by atoms with van der Waals surface area (Å²) >= 11 is 0. The molecule has 0 aromatic heterocycles. The third kappa shape index (κ3) is 2.61. The number of methoxy groups -OCH3 is 1. The van der Waals surface area contributed by atoms with Crippen LogP contribution >= 0.6 is 0 Å². The van der Waals surface area contributed by atoms with Gasteiger partial charge in [0.05, 0.1) is 18.6 Å². The minimum atomic E-state index is -1.91. The minimum absolute atomic E-state index is 0.0153. The van der Waals surface area contributed by atoms with Gasteiger partial charge in [-0.1, -0.05) is 34.6 Å². The molecule has 1 aliphatic rings. The maximum absolute atomic E-state index is 11.9. The van der Waals surface area contributed by atoms with Crippen molar-refractivity contribution in [2.24, 2.45) is 11.3 Å². The normalized spacial score (nSPS) is 30.7. The average Bonchev–Trinajstić information content (AvgIpc) is 2.22. The smallest absolute Gasteiger partial charge is 0.311 e. The molecule has 0 spiro atoms. The van der Waals surface area contributed by atoms with E-state index in [9.17, 15) is 4.79 Å². The number of carbonyl (C=O) groups is 1. The fourth-order valence-corrected chi connectivity index (χ4v) is 4.38. The second-order valence-corrected chi connectivity index (χ2v) is 12.9. The standard InChI is InChI=1S/C15H30O3Si/c1-13(2,3)19(8,9)18-15(6)11(12(16)17-7)10-14(15,4)5/h11H,10H2,1-9H3/t11-,15+/m0/s1. The van der Waals surface area contributed by atoms with Gasteiger partial charge in [-0.3, -0.25) is 4.79 Å². The molecule has 0 aromatic rings. The van der Waals surface area contributed by atoms with E-state index in [0.29, 0.717) is 0 Å². The Bertz CT molecular complexity index is 368. The monoisotopic (exact) mass is 286 g/mol. The van der Waals surface area contributed by atoms with Crippen molar-refractivity contribution in [3.05, 3.63) is 0 Å². The van der Waals surface area contributed by atoms with Gasteiger partial charge in [-0.15, -0.1) is 0 Å². The number of rotatable bonds is 3. The molecule has 3 nitrogen and oxygen atoms in total. The lowest BCUT2D eigenvalue weighted by molar-refractivity contribution is -0.201. The lowest BCUT2D eigenvalue weighted by Gasteiger charge is -2.61. The van der Waals surface area contributed by atoms with Crippen molar-refractivity contribution in [2.75, 3.05) is 7.11 Å². The molecule has 1 fully saturated rings. The molecule has 1 saturated carbocycles. The highest BCUT2D eigenvalue weighted by molar-refractivity contribution is 6.74.